The molecule has 1 unspecified atom stereocenters. The van der Waals surface area contributed by atoms with Crippen LogP contribution in [-0.2, 0) is 14.3 Å². The van der Waals surface area contributed by atoms with Gasteiger partial charge in [-0.3, -0.25) is 9.69 Å². The standard InChI is InChI=1S/C31H48FN7O3.C4H4O4/c1-7-39(23(4)5)30(40)25-17-24(32)10-11-27(25)42-29-28(34-21-35-36-29)37-15-12-31(18-37)19-38(20-31)26(22(2)3)9-8-13-33-14-16-41-6;5-3(6)1-2-4(7)8/h10-11,17,21-23,26,33H,7-9,12-16,18-20H2,1-6H3;1-2H,(H,5,6)(H,7,8)/b;2-1+. The Kier molecular flexibility index (Phi) is 15.5. The maximum Gasteiger partial charge on any atom is 0.328 e. The third-order valence-electron chi connectivity index (χ3n) is 8.93. The molecule has 50 heavy (non-hydrogen) atoms. The molecule has 14 nitrogen and oxygen atoms in total. The molecule has 2 saturated heterocycles. The number of carbonyl (C=O) groups excluding carboxylic acids is 1. The number of aliphatic carboxylic acids is 2. The molecule has 276 valence electrons. The number of benzene rings is 1. The first-order chi connectivity index (χ1) is 23.8. The maximum atomic E-state index is 14.3. The first kappa shape index (κ1) is 40.2. The van der Waals surface area contributed by atoms with Crippen LogP contribution >= 0.6 is 0 Å². The molecule has 0 bridgehead atoms. The number of likely N-dealkylation sites (tertiary alicyclic amines) is 1. The number of nitrogens with zero attached hydrogens (tertiary/aromatic N) is 6. The minimum Gasteiger partial charge on any atom is -0.478 e. The molecule has 15 heteroatoms. The molecule has 0 radical (unpaired) electrons. The van der Waals surface area contributed by atoms with Crippen molar-refractivity contribution in [2.24, 2.45) is 11.3 Å². The Morgan fingerprint density at radius 1 is 1.10 bits per heavy atom. The van der Waals surface area contributed by atoms with Gasteiger partial charge in [0.25, 0.3) is 11.8 Å². The molecule has 2 aromatic rings. The second-order valence-electron chi connectivity index (χ2n) is 13.3. The molecule has 1 aromatic carbocycles. The lowest BCUT2D eigenvalue weighted by molar-refractivity contribution is -0.134. The van der Waals surface area contributed by atoms with E-state index in [0.717, 1.165) is 58.7 Å². The van der Waals surface area contributed by atoms with E-state index >= 15 is 0 Å². The number of methoxy groups -OCH3 is 1. The molecular formula is C35H52FN7O7. The van der Waals surface area contributed by atoms with E-state index in [4.69, 9.17) is 19.7 Å². The Morgan fingerprint density at radius 2 is 1.80 bits per heavy atom. The van der Waals surface area contributed by atoms with Gasteiger partial charge >= 0.3 is 11.9 Å². The molecule has 0 saturated carbocycles. The van der Waals surface area contributed by atoms with Gasteiger partial charge in [-0.25, -0.2) is 19.0 Å². The van der Waals surface area contributed by atoms with Crippen molar-refractivity contribution in [2.45, 2.75) is 66.0 Å². The number of ether oxygens (including phenoxy) is 2. The van der Waals surface area contributed by atoms with Gasteiger partial charge in [0.1, 0.15) is 17.9 Å². The molecule has 1 amide bonds. The normalized spacial score (nSPS) is 16.0. The van der Waals surface area contributed by atoms with Crippen LogP contribution in [0.1, 0.15) is 64.2 Å². The zero-order chi connectivity index (χ0) is 36.8. The molecule has 2 fully saturated rings. The number of carbonyl (C=O) groups is 3. The molecule has 3 heterocycles. The number of carboxylic acid groups (broad SMARTS) is 2. The minimum absolute atomic E-state index is 0.0388. The van der Waals surface area contributed by atoms with Gasteiger partial charge in [-0.05, 0) is 70.7 Å². The molecule has 4 rings (SSSR count). The number of aromatic nitrogens is 3. The van der Waals surface area contributed by atoms with Crippen molar-refractivity contribution in [3.8, 4) is 11.6 Å². The summed E-state index contributed by atoms with van der Waals surface area (Å²) in [6, 6.07) is 4.51. The summed E-state index contributed by atoms with van der Waals surface area (Å²) in [5, 5.41) is 27.3. The largest absolute Gasteiger partial charge is 0.478 e. The highest BCUT2D eigenvalue weighted by Gasteiger charge is 2.50. The fraction of sp³-hybridized carbons (Fsp3) is 0.600. The average Bonchev–Trinajstić information content (AvgIpc) is 3.50. The molecule has 1 atom stereocenters. The third-order valence-corrected chi connectivity index (χ3v) is 8.93. The van der Waals surface area contributed by atoms with Gasteiger partial charge in [0.2, 0.25) is 0 Å². The summed E-state index contributed by atoms with van der Waals surface area (Å²) in [6.07, 6.45) is 5.93. The number of nitrogens with one attached hydrogen (secondary N) is 1. The number of carboxylic acids is 2. The maximum absolute atomic E-state index is 14.3. The van der Waals surface area contributed by atoms with Gasteiger partial charge < -0.3 is 34.8 Å². The molecular weight excluding hydrogens is 649 g/mol. The smallest absolute Gasteiger partial charge is 0.328 e. The molecule has 1 aromatic heterocycles. The van der Waals surface area contributed by atoms with Crippen molar-refractivity contribution in [1.29, 1.82) is 0 Å². The van der Waals surface area contributed by atoms with Crippen molar-refractivity contribution in [2.75, 3.05) is 64.4 Å². The van der Waals surface area contributed by atoms with Gasteiger partial charge in [0.05, 0.1) is 12.2 Å². The monoisotopic (exact) mass is 701 g/mol. The minimum atomic E-state index is -1.26. The predicted molar refractivity (Wildman–Crippen MR) is 186 cm³/mol. The van der Waals surface area contributed by atoms with E-state index in [0.29, 0.717) is 36.5 Å². The molecule has 1 spiro atoms. The van der Waals surface area contributed by atoms with E-state index in [9.17, 15) is 18.8 Å². The Hall–Kier alpha value is -4.21. The zero-order valence-corrected chi connectivity index (χ0v) is 30.0. The summed E-state index contributed by atoms with van der Waals surface area (Å²) in [4.78, 5) is 43.5. The van der Waals surface area contributed by atoms with Crippen LogP contribution < -0.4 is 15.0 Å². The zero-order valence-electron chi connectivity index (χ0n) is 30.0. The van der Waals surface area contributed by atoms with E-state index in [1.807, 2.05) is 20.8 Å². The SMILES string of the molecule is CCN(C(=O)c1cc(F)ccc1Oc1nncnc1N1CCC2(C1)CN(C(CCCNCCOC)C(C)C)C2)C(C)C.O=C(O)/C=C/C(=O)O. The van der Waals surface area contributed by atoms with Crippen LogP contribution in [0.2, 0.25) is 0 Å². The summed E-state index contributed by atoms with van der Waals surface area (Å²) in [5.74, 6) is -1.65. The van der Waals surface area contributed by atoms with Crippen LogP contribution in [-0.4, -0.2) is 125 Å². The fourth-order valence-corrected chi connectivity index (χ4v) is 6.54. The van der Waals surface area contributed by atoms with Gasteiger partial charge in [-0.1, -0.05) is 13.8 Å². The van der Waals surface area contributed by atoms with Crippen LogP contribution in [0.15, 0.2) is 36.7 Å². The average molecular weight is 702 g/mol. The first-order valence-corrected chi connectivity index (χ1v) is 17.1. The fourth-order valence-electron chi connectivity index (χ4n) is 6.54. The highest BCUT2D eigenvalue weighted by Crippen LogP contribution is 2.44. The van der Waals surface area contributed by atoms with Crippen molar-refractivity contribution in [1.82, 2.24) is 30.3 Å². The molecule has 2 aliphatic heterocycles. The van der Waals surface area contributed by atoms with Crippen molar-refractivity contribution >= 4 is 23.7 Å². The van der Waals surface area contributed by atoms with E-state index in [-0.39, 0.29) is 34.6 Å². The summed E-state index contributed by atoms with van der Waals surface area (Å²) in [5.41, 5.74) is 0.366. The Morgan fingerprint density at radius 3 is 2.40 bits per heavy atom. The third kappa shape index (κ3) is 11.4. The highest BCUT2D eigenvalue weighted by atomic mass is 19.1. The van der Waals surface area contributed by atoms with Crippen LogP contribution in [0.25, 0.3) is 0 Å². The number of anilines is 1. The first-order valence-electron chi connectivity index (χ1n) is 17.1. The highest BCUT2D eigenvalue weighted by molar-refractivity contribution is 5.97. The second-order valence-corrected chi connectivity index (χ2v) is 13.3. The lowest BCUT2D eigenvalue weighted by Crippen LogP contribution is -2.62. The molecule has 2 aliphatic rings. The van der Waals surface area contributed by atoms with E-state index < -0.39 is 17.8 Å². The number of hydrogen-bond acceptors (Lipinski definition) is 11. The van der Waals surface area contributed by atoms with Crippen LogP contribution in [0.4, 0.5) is 10.2 Å². The van der Waals surface area contributed by atoms with Gasteiger partial charge in [0, 0.05) is 76.0 Å². The topological polar surface area (TPSA) is 171 Å². The lowest BCUT2D eigenvalue weighted by atomic mass is 9.76. The van der Waals surface area contributed by atoms with E-state index in [1.54, 1.807) is 12.0 Å². The number of halogens is 1. The van der Waals surface area contributed by atoms with Crippen LogP contribution in [0, 0.1) is 17.2 Å². The Bertz CT molecular complexity index is 1440. The molecule has 0 aliphatic carbocycles. The summed E-state index contributed by atoms with van der Waals surface area (Å²) in [7, 11) is 1.73. The Labute approximate surface area is 293 Å². The van der Waals surface area contributed by atoms with E-state index in [2.05, 4.69) is 44.1 Å². The van der Waals surface area contributed by atoms with Crippen LogP contribution in [0.3, 0.4) is 0 Å². The number of rotatable bonds is 17. The van der Waals surface area contributed by atoms with Gasteiger partial charge in [-0.2, -0.15) is 0 Å². The lowest BCUT2D eigenvalue weighted by Gasteiger charge is -2.53. The Balaban J connectivity index is 0.000000753. The summed E-state index contributed by atoms with van der Waals surface area (Å²) >= 11 is 0. The van der Waals surface area contributed by atoms with Crippen molar-refractivity contribution < 1.29 is 38.5 Å². The number of hydrogen-bond donors (Lipinski definition) is 3. The summed E-state index contributed by atoms with van der Waals surface area (Å²) < 4.78 is 25.6. The summed E-state index contributed by atoms with van der Waals surface area (Å²) in [6.45, 7) is 17.4. The van der Waals surface area contributed by atoms with Gasteiger partial charge in [0.15, 0.2) is 5.82 Å². The van der Waals surface area contributed by atoms with E-state index in [1.165, 1.54) is 30.9 Å². The quantitative estimate of drug-likeness (QED) is 0.160. The molecule has 3 N–H and O–H groups in total. The van der Waals surface area contributed by atoms with Gasteiger partial charge in [-0.15, -0.1) is 10.2 Å². The van der Waals surface area contributed by atoms with Crippen molar-refractivity contribution in [3.63, 3.8) is 0 Å². The van der Waals surface area contributed by atoms with Crippen molar-refractivity contribution in [3.05, 3.63) is 48.1 Å². The van der Waals surface area contributed by atoms with Crippen LogP contribution in [0.5, 0.6) is 11.6 Å². The number of amides is 1. The predicted octanol–water partition coefficient (Wildman–Crippen LogP) is 3.94. The second kappa shape index (κ2) is 19.3.